The molecule has 1 aromatic carbocycles. The summed E-state index contributed by atoms with van der Waals surface area (Å²) in [4.78, 5) is 2.35. The molecule has 0 aliphatic heterocycles. The molecule has 1 N–H and O–H groups in total. The zero-order chi connectivity index (χ0) is 15.1. The number of nitrogens with zero attached hydrogens (tertiary/aromatic N) is 1. The van der Waals surface area contributed by atoms with Gasteiger partial charge in [-0.15, -0.1) is 0 Å². The zero-order valence-corrected chi connectivity index (χ0v) is 13.8. The van der Waals surface area contributed by atoms with Gasteiger partial charge in [0.15, 0.2) is 0 Å². The molecule has 21 heavy (non-hydrogen) atoms. The van der Waals surface area contributed by atoms with E-state index in [4.69, 9.17) is 4.74 Å². The Kier molecular flexibility index (Phi) is 6.52. The monoisotopic (exact) mass is 290 g/mol. The molecular formula is C18H30N2O. The van der Waals surface area contributed by atoms with Crippen LogP contribution in [0.4, 0.5) is 0 Å². The first-order valence-corrected chi connectivity index (χ1v) is 8.31. The van der Waals surface area contributed by atoms with Gasteiger partial charge >= 0.3 is 0 Å². The van der Waals surface area contributed by atoms with Gasteiger partial charge in [-0.25, -0.2) is 0 Å². The Morgan fingerprint density at radius 1 is 1.29 bits per heavy atom. The Labute approximate surface area is 129 Å². The minimum atomic E-state index is 0.757. The molecular weight excluding hydrogens is 260 g/mol. The lowest BCUT2D eigenvalue weighted by Gasteiger charge is -2.20. The van der Waals surface area contributed by atoms with E-state index in [9.17, 15) is 0 Å². The third-order valence-electron chi connectivity index (χ3n) is 4.16. The van der Waals surface area contributed by atoms with Crippen molar-refractivity contribution in [3.8, 4) is 5.75 Å². The second-order valence-corrected chi connectivity index (χ2v) is 6.42. The quantitative estimate of drug-likeness (QED) is 0.715. The van der Waals surface area contributed by atoms with Crippen molar-refractivity contribution in [2.75, 3.05) is 26.7 Å². The summed E-state index contributed by atoms with van der Waals surface area (Å²) < 4.78 is 5.82. The lowest BCUT2D eigenvalue weighted by Crippen LogP contribution is -2.28. The van der Waals surface area contributed by atoms with Crippen molar-refractivity contribution < 1.29 is 4.74 Å². The molecule has 1 aliphatic rings. The van der Waals surface area contributed by atoms with Crippen LogP contribution in [0.3, 0.4) is 0 Å². The molecule has 0 bridgehead atoms. The summed E-state index contributed by atoms with van der Waals surface area (Å²) in [6, 6.07) is 9.25. The Hall–Kier alpha value is -1.06. The SMILES string of the molecule is CCC(C)CN(C)CCOc1ccc(CNC2CC2)cc1. The third kappa shape index (κ3) is 6.49. The average molecular weight is 290 g/mol. The molecule has 2 rings (SSSR count). The summed E-state index contributed by atoms with van der Waals surface area (Å²) in [6.45, 7) is 8.40. The Morgan fingerprint density at radius 3 is 2.62 bits per heavy atom. The Balaban J connectivity index is 1.63. The zero-order valence-electron chi connectivity index (χ0n) is 13.8. The van der Waals surface area contributed by atoms with E-state index >= 15 is 0 Å². The first kappa shape index (κ1) is 16.3. The molecule has 0 saturated heterocycles. The molecule has 1 unspecified atom stereocenters. The maximum absolute atomic E-state index is 5.82. The van der Waals surface area contributed by atoms with Crippen molar-refractivity contribution in [1.29, 1.82) is 0 Å². The van der Waals surface area contributed by atoms with Crippen molar-refractivity contribution in [3.63, 3.8) is 0 Å². The van der Waals surface area contributed by atoms with E-state index in [2.05, 4.69) is 55.4 Å². The van der Waals surface area contributed by atoms with Crippen LogP contribution in [0.25, 0.3) is 0 Å². The van der Waals surface area contributed by atoms with E-state index in [1.807, 2.05) is 0 Å². The highest BCUT2D eigenvalue weighted by atomic mass is 16.5. The highest BCUT2D eigenvalue weighted by molar-refractivity contribution is 5.27. The van der Waals surface area contributed by atoms with Gasteiger partial charge in [0, 0.05) is 25.7 Å². The highest BCUT2D eigenvalue weighted by Gasteiger charge is 2.19. The minimum absolute atomic E-state index is 0.757. The number of hydrogen-bond donors (Lipinski definition) is 1. The van der Waals surface area contributed by atoms with Crippen molar-refractivity contribution >= 4 is 0 Å². The Morgan fingerprint density at radius 2 is 2.00 bits per heavy atom. The smallest absolute Gasteiger partial charge is 0.119 e. The van der Waals surface area contributed by atoms with Crippen LogP contribution in [0.1, 0.15) is 38.7 Å². The number of rotatable bonds is 10. The maximum atomic E-state index is 5.82. The average Bonchev–Trinajstić information content (AvgIpc) is 3.30. The number of ether oxygens (including phenoxy) is 1. The first-order chi connectivity index (χ1) is 10.2. The van der Waals surface area contributed by atoms with Crippen LogP contribution in [0.2, 0.25) is 0 Å². The van der Waals surface area contributed by atoms with Gasteiger partial charge in [0.1, 0.15) is 12.4 Å². The highest BCUT2D eigenvalue weighted by Crippen LogP contribution is 2.20. The molecule has 0 aromatic heterocycles. The van der Waals surface area contributed by atoms with Gasteiger partial charge in [-0.3, -0.25) is 0 Å². The normalized spacial score (nSPS) is 16.2. The fraction of sp³-hybridized carbons (Fsp3) is 0.667. The van der Waals surface area contributed by atoms with Crippen molar-refractivity contribution in [2.45, 2.75) is 45.7 Å². The first-order valence-electron chi connectivity index (χ1n) is 8.31. The number of nitrogens with one attached hydrogen (secondary N) is 1. The van der Waals surface area contributed by atoms with Crippen molar-refractivity contribution in [3.05, 3.63) is 29.8 Å². The van der Waals surface area contributed by atoms with E-state index in [1.165, 1.54) is 24.8 Å². The molecule has 1 aromatic rings. The van der Waals surface area contributed by atoms with Crippen LogP contribution < -0.4 is 10.1 Å². The van der Waals surface area contributed by atoms with Crippen molar-refractivity contribution in [2.24, 2.45) is 5.92 Å². The second kappa shape index (κ2) is 8.40. The summed E-state index contributed by atoms with van der Waals surface area (Å²) in [5.41, 5.74) is 1.34. The van der Waals surface area contributed by atoms with Crippen LogP contribution in [0.15, 0.2) is 24.3 Å². The molecule has 3 nitrogen and oxygen atoms in total. The molecule has 0 heterocycles. The summed E-state index contributed by atoms with van der Waals surface area (Å²) in [5.74, 6) is 1.73. The van der Waals surface area contributed by atoms with Crippen molar-refractivity contribution in [1.82, 2.24) is 10.2 Å². The van der Waals surface area contributed by atoms with Crippen LogP contribution in [-0.4, -0.2) is 37.7 Å². The summed E-state index contributed by atoms with van der Waals surface area (Å²) in [6.07, 6.45) is 3.91. The fourth-order valence-electron chi connectivity index (χ4n) is 2.32. The molecule has 0 spiro atoms. The third-order valence-corrected chi connectivity index (χ3v) is 4.16. The number of benzene rings is 1. The van der Waals surface area contributed by atoms with E-state index in [0.29, 0.717) is 0 Å². The summed E-state index contributed by atoms with van der Waals surface area (Å²) in [5, 5.41) is 3.53. The molecule has 1 aliphatic carbocycles. The maximum Gasteiger partial charge on any atom is 0.119 e. The van der Waals surface area contributed by atoms with Gasteiger partial charge in [0.25, 0.3) is 0 Å². The Bertz CT molecular complexity index is 400. The topological polar surface area (TPSA) is 24.5 Å². The van der Waals surface area contributed by atoms with Crippen LogP contribution in [-0.2, 0) is 6.54 Å². The molecule has 0 radical (unpaired) electrons. The molecule has 118 valence electrons. The number of hydrogen-bond acceptors (Lipinski definition) is 3. The lowest BCUT2D eigenvalue weighted by molar-refractivity contribution is 0.217. The van der Waals surface area contributed by atoms with Gasteiger partial charge in [0.05, 0.1) is 0 Å². The van der Waals surface area contributed by atoms with Crippen LogP contribution in [0.5, 0.6) is 5.75 Å². The van der Waals surface area contributed by atoms with Crippen LogP contribution >= 0.6 is 0 Å². The van der Waals surface area contributed by atoms with E-state index in [1.54, 1.807) is 0 Å². The molecule has 1 fully saturated rings. The minimum Gasteiger partial charge on any atom is -0.492 e. The van der Waals surface area contributed by atoms with E-state index in [0.717, 1.165) is 44.0 Å². The van der Waals surface area contributed by atoms with Gasteiger partial charge in [-0.1, -0.05) is 32.4 Å². The predicted molar refractivity (Wildman–Crippen MR) is 88.8 cm³/mol. The van der Waals surface area contributed by atoms with Crippen LogP contribution in [0, 0.1) is 5.92 Å². The van der Waals surface area contributed by atoms with Gasteiger partial charge in [-0.2, -0.15) is 0 Å². The van der Waals surface area contributed by atoms with Gasteiger partial charge < -0.3 is 15.0 Å². The summed E-state index contributed by atoms with van der Waals surface area (Å²) >= 11 is 0. The van der Waals surface area contributed by atoms with Gasteiger partial charge in [-0.05, 0) is 43.5 Å². The lowest BCUT2D eigenvalue weighted by atomic mass is 10.1. The predicted octanol–water partition coefficient (Wildman–Crippen LogP) is 3.30. The molecule has 1 atom stereocenters. The molecule has 3 heteroatoms. The van der Waals surface area contributed by atoms with Gasteiger partial charge in [0.2, 0.25) is 0 Å². The van der Waals surface area contributed by atoms with E-state index in [-0.39, 0.29) is 0 Å². The number of likely N-dealkylation sites (N-methyl/N-ethyl adjacent to an activating group) is 1. The largest absolute Gasteiger partial charge is 0.492 e. The standard InChI is InChI=1S/C18H30N2O/c1-4-15(2)14-20(3)11-12-21-18-9-5-16(6-10-18)13-19-17-7-8-17/h5-6,9-10,15,17,19H,4,7-8,11-14H2,1-3H3. The summed E-state index contributed by atoms with van der Waals surface area (Å²) in [7, 11) is 2.17. The molecule has 0 amide bonds. The second-order valence-electron chi connectivity index (χ2n) is 6.42. The fourth-order valence-corrected chi connectivity index (χ4v) is 2.32. The molecule has 1 saturated carbocycles. The van der Waals surface area contributed by atoms with E-state index < -0.39 is 0 Å².